The van der Waals surface area contributed by atoms with E-state index in [0.29, 0.717) is 0 Å². The highest BCUT2D eigenvalue weighted by atomic mass is 79.9. The van der Waals surface area contributed by atoms with E-state index < -0.39 is 0 Å². The number of hydrogen-bond acceptors (Lipinski definition) is 1. The van der Waals surface area contributed by atoms with Crippen molar-refractivity contribution >= 4 is 21.6 Å². The lowest BCUT2D eigenvalue weighted by atomic mass is 10.1. The molecule has 0 unspecified atom stereocenters. The highest BCUT2D eigenvalue weighted by molar-refractivity contribution is 9.10. The van der Waals surface area contributed by atoms with E-state index >= 15 is 0 Å². The molecule has 2 nitrogen and oxygen atoms in total. The first-order valence-electron chi connectivity index (χ1n) is 5.99. The third-order valence-electron chi connectivity index (χ3n) is 3.55. The van der Waals surface area contributed by atoms with Gasteiger partial charge in [-0.05, 0) is 36.2 Å². The van der Waals surface area contributed by atoms with Gasteiger partial charge in [-0.2, -0.15) is 0 Å². The Morgan fingerprint density at radius 3 is 3.00 bits per heavy atom. The molecule has 0 saturated carbocycles. The van der Waals surface area contributed by atoms with Crippen molar-refractivity contribution in [2.75, 3.05) is 0 Å². The van der Waals surface area contributed by atoms with Crippen LogP contribution in [0.15, 0.2) is 41.0 Å². The fourth-order valence-corrected chi connectivity index (χ4v) is 3.11. The summed E-state index contributed by atoms with van der Waals surface area (Å²) in [5, 5.41) is 0. The molecule has 0 radical (unpaired) electrons. The van der Waals surface area contributed by atoms with Gasteiger partial charge in [-0.3, -0.25) is 0 Å². The minimum atomic E-state index is 0.967. The van der Waals surface area contributed by atoms with Crippen LogP contribution in [0.2, 0.25) is 0 Å². The van der Waals surface area contributed by atoms with Gasteiger partial charge in [0.2, 0.25) is 0 Å². The number of aryl methyl sites for hydroxylation is 1. The van der Waals surface area contributed by atoms with Crippen LogP contribution in [-0.4, -0.2) is 9.38 Å². The van der Waals surface area contributed by atoms with Gasteiger partial charge in [-0.1, -0.05) is 28.1 Å². The van der Waals surface area contributed by atoms with Gasteiger partial charge in [0, 0.05) is 22.7 Å². The standard InChI is InChI=1S/C15H11BrN2/c1-9-2-5-14-17-15-12-4-3-11(16)6-10(12)7-13(15)18(14)8-9/h2-6,8H,7H2,1H3. The normalized spacial score (nSPS) is 12.8. The van der Waals surface area contributed by atoms with Crippen LogP contribution in [0.1, 0.15) is 16.8 Å². The van der Waals surface area contributed by atoms with Gasteiger partial charge in [0.1, 0.15) is 5.65 Å². The van der Waals surface area contributed by atoms with E-state index in [9.17, 15) is 0 Å². The average Bonchev–Trinajstić information content (AvgIpc) is 2.84. The molecule has 0 atom stereocenters. The van der Waals surface area contributed by atoms with Gasteiger partial charge in [0.15, 0.2) is 0 Å². The van der Waals surface area contributed by atoms with Gasteiger partial charge in [-0.15, -0.1) is 0 Å². The summed E-state index contributed by atoms with van der Waals surface area (Å²) in [5.41, 5.74) is 7.39. The summed E-state index contributed by atoms with van der Waals surface area (Å²) in [6.45, 7) is 2.12. The molecule has 0 N–H and O–H groups in total. The first-order valence-corrected chi connectivity index (χ1v) is 6.78. The van der Waals surface area contributed by atoms with Crippen LogP contribution in [-0.2, 0) is 6.42 Å². The number of nitrogens with zero attached hydrogens (tertiary/aromatic N) is 2. The van der Waals surface area contributed by atoms with Gasteiger partial charge in [-0.25, -0.2) is 4.98 Å². The highest BCUT2D eigenvalue weighted by Crippen LogP contribution is 2.37. The molecule has 3 heteroatoms. The summed E-state index contributed by atoms with van der Waals surface area (Å²) in [7, 11) is 0. The van der Waals surface area contributed by atoms with Crippen molar-refractivity contribution in [2.24, 2.45) is 0 Å². The summed E-state index contributed by atoms with van der Waals surface area (Å²) >= 11 is 3.53. The summed E-state index contributed by atoms with van der Waals surface area (Å²) in [4.78, 5) is 4.75. The van der Waals surface area contributed by atoms with Crippen molar-refractivity contribution in [3.8, 4) is 11.3 Å². The summed E-state index contributed by atoms with van der Waals surface area (Å²) in [6.07, 6.45) is 3.14. The van der Waals surface area contributed by atoms with E-state index in [2.05, 4.69) is 63.8 Å². The van der Waals surface area contributed by atoms with Crippen molar-refractivity contribution in [2.45, 2.75) is 13.3 Å². The van der Waals surface area contributed by atoms with E-state index in [1.165, 1.54) is 22.4 Å². The van der Waals surface area contributed by atoms with E-state index in [4.69, 9.17) is 4.98 Å². The zero-order valence-corrected chi connectivity index (χ0v) is 11.5. The molecule has 0 amide bonds. The van der Waals surface area contributed by atoms with Crippen LogP contribution >= 0.6 is 15.9 Å². The number of halogens is 1. The maximum atomic E-state index is 4.75. The van der Waals surface area contributed by atoms with Crippen LogP contribution in [0.4, 0.5) is 0 Å². The topological polar surface area (TPSA) is 17.3 Å². The van der Waals surface area contributed by atoms with Gasteiger partial charge < -0.3 is 4.40 Å². The molecule has 2 heterocycles. The Hall–Kier alpha value is -1.61. The Kier molecular flexibility index (Phi) is 1.98. The zero-order valence-electron chi connectivity index (χ0n) is 9.94. The smallest absolute Gasteiger partial charge is 0.137 e. The SMILES string of the molecule is Cc1ccc2nc3c(n2c1)Cc1cc(Br)ccc1-3. The Labute approximate surface area is 113 Å². The number of pyridine rings is 1. The molecule has 1 aromatic carbocycles. The van der Waals surface area contributed by atoms with Crippen LogP contribution < -0.4 is 0 Å². The number of benzene rings is 1. The summed E-state index contributed by atoms with van der Waals surface area (Å²) < 4.78 is 3.36. The molecule has 1 aliphatic rings. The van der Waals surface area contributed by atoms with Crippen molar-refractivity contribution in [3.05, 3.63) is 57.8 Å². The van der Waals surface area contributed by atoms with E-state index in [-0.39, 0.29) is 0 Å². The second kappa shape index (κ2) is 3.45. The molecule has 3 aromatic rings. The van der Waals surface area contributed by atoms with E-state index in [1.54, 1.807) is 0 Å². The molecule has 2 aromatic heterocycles. The second-order valence-electron chi connectivity index (χ2n) is 4.82. The molecule has 0 fully saturated rings. The third-order valence-corrected chi connectivity index (χ3v) is 4.04. The molecule has 4 rings (SSSR count). The Morgan fingerprint density at radius 2 is 2.11 bits per heavy atom. The zero-order chi connectivity index (χ0) is 12.3. The molecule has 0 aliphatic heterocycles. The van der Waals surface area contributed by atoms with Crippen molar-refractivity contribution in [3.63, 3.8) is 0 Å². The summed E-state index contributed by atoms with van der Waals surface area (Å²) in [5.74, 6) is 0. The average molecular weight is 299 g/mol. The molecular weight excluding hydrogens is 288 g/mol. The fraction of sp³-hybridized carbons (Fsp3) is 0.133. The van der Waals surface area contributed by atoms with E-state index in [0.717, 1.165) is 22.2 Å². The molecule has 88 valence electrons. The molecule has 1 aliphatic carbocycles. The predicted octanol–water partition coefficient (Wildman–Crippen LogP) is 3.98. The quantitative estimate of drug-likeness (QED) is 0.480. The van der Waals surface area contributed by atoms with Crippen LogP contribution in [0, 0.1) is 6.92 Å². The predicted molar refractivity (Wildman–Crippen MR) is 75.9 cm³/mol. The maximum Gasteiger partial charge on any atom is 0.137 e. The molecule has 0 spiro atoms. The number of hydrogen-bond donors (Lipinski definition) is 0. The monoisotopic (exact) mass is 298 g/mol. The number of fused-ring (bicyclic) bond motifs is 5. The fourth-order valence-electron chi connectivity index (χ4n) is 2.70. The molecular formula is C15H11BrN2. The van der Waals surface area contributed by atoms with Gasteiger partial charge in [0.05, 0.1) is 11.4 Å². The lowest BCUT2D eigenvalue weighted by Crippen LogP contribution is -1.92. The summed E-state index contributed by atoms with van der Waals surface area (Å²) in [6, 6.07) is 10.6. The van der Waals surface area contributed by atoms with Gasteiger partial charge in [0.25, 0.3) is 0 Å². The molecule has 0 bridgehead atoms. The third kappa shape index (κ3) is 1.31. The maximum absolute atomic E-state index is 4.75. The Bertz CT molecular complexity index is 787. The Balaban J connectivity index is 2.04. The van der Waals surface area contributed by atoms with Gasteiger partial charge >= 0.3 is 0 Å². The van der Waals surface area contributed by atoms with Crippen LogP contribution in [0.3, 0.4) is 0 Å². The lowest BCUT2D eigenvalue weighted by molar-refractivity contribution is 1.04. The second-order valence-corrected chi connectivity index (χ2v) is 5.74. The lowest BCUT2D eigenvalue weighted by Gasteiger charge is -2.01. The van der Waals surface area contributed by atoms with E-state index in [1.807, 2.05) is 0 Å². The largest absolute Gasteiger partial charge is 0.303 e. The van der Waals surface area contributed by atoms with Crippen molar-refractivity contribution in [1.82, 2.24) is 9.38 Å². The van der Waals surface area contributed by atoms with Crippen molar-refractivity contribution < 1.29 is 0 Å². The first kappa shape index (κ1) is 10.3. The number of rotatable bonds is 0. The first-order chi connectivity index (χ1) is 8.72. The van der Waals surface area contributed by atoms with Crippen molar-refractivity contribution in [1.29, 1.82) is 0 Å². The highest BCUT2D eigenvalue weighted by Gasteiger charge is 2.23. The van der Waals surface area contributed by atoms with Crippen LogP contribution in [0.25, 0.3) is 16.9 Å². The Morgan fingerprint density at radius 1 is 1.22 bits per heavy atom. The number of imidazole rings is 1. The van der Waals surface area contributed by atoms with Crippen LogP contribution in [0.5, 0.6) is 0 Å². The molecule has 0 saturated heterocycles. The molecule has 18 heavy (non-hydrogen) atoms. The minimum Gasteiger partial charge on any atom is -0.303 e. The minimum absolute atomic E-state index is 0.967. The number of aromatic nitrogens is 2.